The van der Waals surface area contributed by atoms with Crippen LogP contribution in [0.25, 0.3) is 0 Å². The molecule has 2 heterocycles. The third-order valence-corrected chi connectivity index (χ3v) is 5.19. The Morgan fingerprint density at radius 3 is 2.28 bits per heavy atom. The molecule has 0 amide bonds. The Hall–Kier alpha value is -3.35. The summed E-state index contributed by atoms with van der Waals surface area (Å²) in [6.45, 7) is 4.58. The van der Waals surface area contributed by atoms with Crippen LogP contribution < -0.4 is 20.3 Å². The van der Waals surface area contributed by atoms with Crippen LogP contribution in [0.4, 0.5) is 28.8 Å². The van der Waals surface area contributed by atoms with Crippen LogP contribution in [-0.2, 0) is 0 Å². The normalized spacial score (nSPS) is 14.5. The monoisotopic (exact) mass is 390 g/mol. The average molecular weight is 390 g/mol. The minimum Gasteiger partial charge on any atom is -0.497 e. The first-order valence-electron chi connectivity index (χ1n) is 9.92. The van der Waals surface area contributed by atoms with Crippen LogP contribution in [0.3, 0.4) is 0 Å². The molecule has 1 aromatic heterocycles. The van der Waals surface area contributed by atoms with E-state index in [2.05, 4.69) is 61.9 Å². The number of nitrogens with zero attached hydrogens (tertiary/aromatic N) is 4. The van der Waals surface area contributed by atoms with E-state index >= 15 is 0 Å². The second-order valence-corrected chi connectivity index (χ2v) is 7.36. The van der Waals surface area contributed by atoms with Crippen molar-refractivity contribution in [2.24, 2.45) is 5.92 Å². The standard InChI is InChI=1S/C22H26N6O/c1-16-11-13-28(14-12-16)19-7-3-18(4-8-19)25-22-26-21(15-23-27-22)24-17-5-9-20(29-2)10-6-17/h3-10,15-16H,11-14H2,1-2H3,(H2,24,25,26,27). The van der Waals surface area contributed by atoms with E-state index in [4.69, 9.17) is 4.74 Å². The van der Waals surface area contributed by atoms with Crippen molar-refractivity contribution in [1.82, 2.24) is 15.2 Å². The maximum absolute atomic E-state index is 5.18. The summed E-state index contributed by atoms with van der Waals surface area (Å²) in [6.07, 6.45) is 4.11. The zero-order valence-electron chi connectivity index (χ0n) is 16.8. The number of aromatic nitrogens is 3. The predicted molar refractivity (Wildman–Crippen MR) is 116 cm³/mol. The fourth-order valence-electron chi connectivity index (χ4n) is 3.39. The number of piperidine rings is 1. The molecular weight excluding hydrogens is 364 g/mol. The molecule has 4 rings (SSSR count). The molecule has 2 N–H and O–H groups in total. The summed E-state index contributed by atoms with van der Waals surface area (Å²) >= 11 is 0. The summed E-state index contributed by atoms with van der Waals surface area (Å²) in [4.78, 5) is 6.93. The summed E-state index contributed by atoms with van der Waals surface area (Å²) in [5, 5.41) is 14.6. The van der Waals surface area contributed by atoms with Crippen molar-refractivity contribution in [3.8, 4) is 5.75 Å². The number of ether oxygens (including phenoxy) is 1. The maximum atomic E-state index is 5.18. The third-order valence-electron chi connectivity index (χ3n) is 5.19. The SMILES string of the molecule is COc1ccc(Nc2cnnc(Nc3ccc(N4CCC(C)CC4)cc3)n2)cc1. The maximum Gasteiger partial charge on any atom is 0.249 e. The molecular formula is C22H26N6O. The molecule has 29 heavy (non-hydrogen) atoms. The van der Waals surface area contributed by atoms with E-state index in [0.29, 0.717) is 11.8 Å². The number of benzene rings is 2. The molecule has 150 valence electrons. The Kier molecular flexibility index (Phi) is 5.74. The molecule has 1 fully saturated rings. The van der Waals surface area contributed by atoms with Crippen molar-refractivity contribution in [1.29, 1.82) is 0 Å². The van der Waals surface area contributed by atoms with Gasteiger partial charge in [0.25, 0.3) is 0 Å². The van der Waals surface area contributed by atoms with E-state index in [9.17, 15) is 0 Å². The van der Waals surface area contributed by atoms with Gasteiger partial charge in [0, 0.05) is 30.2 Å². The Labute approximate surface area is 171 Å². The van der Waals surface area contributed by atoms with Crippen molar-refractivity contribution < 1.29 is 4.74 Å². The van der Waals surface area contributed by atoms with Crippen LogP contribution in [0.2, 0.25) is 0 Å². The van der Waals surface area contributed by atoms with Gasteiger partial charge >= 0.3 is 0 Å². The summed E-state index contributed by atoms with van der Waals surface area (Å²) in [5.74, 6) is 2.70. The number of methoxy groups -OCH3 is 1. The van der Waals surface area contributed by atoms with Gasteiger partial charge in [-0.2, -0.15) is 10.1 Å². The fourth-order valence-corrected chi connectivity index (χ4v) is 3.39. The van der Waals surface area contributed by atoms with Gasteiger partial charge < -0.3 is 20.3 Å². The highest BCUT2D eigenvalue weighted by Gasteiger charge is 2.15. The second-order valence-electron chi connectivity index (χ2n) is 7.36. The van der Waals surface area contributed by atoms with Crippen molar-refractivity contribution in [3.63, 3.8) is 0 Å². The molecule has 0 aliphatic carbocycles. The highest BCUT2D eigenvalue weighted by atomic mass is 16.5. The highest BCUT2D eigenvalue weighted by Crippen LogP contribution is 2.25. The molecule has 3 aromatic rings. The first-order valence-corrected chi connectivity index (χ1v) is 9.92. The van der Waals surface area contributed by atoms with Crippen molar-refractivity contribution in [2.45, 2.75) is 19.8 Å². The van der Waals surface area contributed by atoms with Gasteiger partial charge in [0.1, 0.15) is 5.75 Å². The zero-order chi connectivity index (χ0) is 20.1. The van der Waals surface area contributed by atoms with Gasteiger partial charge in [-0.15, -0.1) is 5.10 Å². The molecule has 1 aliphatic rings. The molecule has 7 heteroatoms. The number of hydrogen-bond acceptors (Lipinski definition) is 7. The van der Waals surface area contributed by atoms with Crippen molar-refractivity contribution in [3.05, 3.63) is 54.7 Å². The molecule has 2 aromatic carbocycles. The lowest BCUT2D eigenvalue weighted by atomic mass is 9.99. The van der Waals surface area contributed by atoms with Crippen molar-refractivity contribution >= 4 is 28.8 Å². The van der Waals surface area contributed by atoms with E-state index in [0.717, 1.165) is 36.1 Å². The summed E-state index contributed by atoms with van der Waals surface area (Å²) in [6, 6.07) is 16.0. The predicted octanol–water partition coefficient (Wildman–Crippen LogP) is 4.60. The number of rotatable bonds is 6. The van der Waals surface area contributed by atoms with Gasteiger partial charge in [0.05, 0.1) is 13.3 Å². The van der Waals surface area contributed by atoms with Crippen LogP contribution >= 0.6 is 0 Å². The summed E-state index contributed by atoms with van der Waals surface area (Å²) < 4.78 is 5.18. The Morgan fingerprint density at radius 1 is 0.931 bits per heavy atom. The van der Waals surface area contributed by atoms with Gasteiger partial charge in [0.15, 0.2) is 5.82 Å². The van der Waals surface area contributed by atoms with Gasteiger partial charge in [-0.3, -0.25) is 0 Å². The average Bonchev–Trinajstić information content (AvgIpc) is 2.76. The first kappa shape index (κ1) is 19.0. The molecule has 0 atom stereocenters. The second kappa shape index (κ2) is 8.77. The fraction of sp³-hybridized carbons (Fsp3) is 0.318. The topological polar surface area (TPSA) is 75.2 Å². The molecule has 1 saturated heterocycles. The van der Waals surface area contributed by atoms with Crippen LogP contribution in [0.1, 0.15) is 19.8 Å². The molecule has 0 unspecified atom stereocenters. The Balaban J connectivity index is 1.39. The minimum atomic E-state index is 0.447. The smallest absolute Gasteiger partial charge is 0.249 e. The van der Waals surface area contributed by atoms with E-state index in [1.807, 2.05) is 24.3 Å². The quantitative estimate of drug-likeness (QED) is 0.637. The zero-order valence-corrected chi connectivity index (χ0v) is 16.8. The third kappa shape index (κ3) is 4.93. The lowest BCUT2D eigenvalue weighted by molar-refractivity contribution is 0.415. The van der Waals surface area contributed by atoms with Gasteiger partial charge in [-0.1, -0.05) is 6.92 Å². The Bertz CT molecular complexity index is 921. The number of hydrogen-bond donors (Lipinski definition) is 2. The molecule has 0 spiro atoms. The van der Waals surface area contributed by atoms with E-state index in [-0.39, 0.29) is 0 Å². The van der Waals surface area contributed by atoms with Crippen LogP contribution in [0, 0.1) is 5.92 Å². The minimum absolute atomic E-state index is 0.447. The first-order chi connectivity index (χ1) is 14.2. The van der Waals surface area contributed by atoms with Crippen LogP contribution in [0.15, 0.2) is 54.7 Å². The lowest BCUT2D eigenvalue weighted by Crippen LogP contribution is -2.32. The number of anilines is 5. The molecule has 0 radical (unpaired) electrons. The van der Waals surface area contributed by atoms with E-state index in [1.54, 1.807) is 13.3 Å². The van der Waals surface area contributed by atoms with Gasteiger partial charge in [0.2, 0.25) is 5.95 Å². The summed E-state index contributed by atoms with van der Waals surface area (Å²) in [7, 11) is 1.65. The van der Waals surface area contributed by atoms with Gasteiger partial charge in [-0.25, -0.2) is 0 Å². The molecule has 0 bridgehead atoms. The van der Waals surface area contributed by atoms with Crippen LogP contribution in [0.5, 0.6) is 5.75 Å². The largest absolute Gasteiger partial charge is 0.497 e. The Morgan fingerprint density at radius 2 is 1.59 bits per heavy atom. The molecule has 1 aliphatic heterocycles. The molecule has 7 nitrogen and oxygen atoms in total. The van der Waals surface area contributed by atoms with Crippen LogP contribution in [-0.4, -0.2) is 35.4 Å². The lowest BCUT2D eigenvalue weighted by Gasteiger charge is -2.32. The number of nitrogens with one attached hydrogen (secondary N) is 2. The van der Waals surface area contributed by atoms with E-state index in [1.165, 1.54) is 18.5 Å². The highest BCUT2D eigenvalue weighted by molar-refractivity contribution is 5.61. The molecule has 0 saturated carbocycles. The van der Waals surface area contributed by atoms with E-state index < -0.39 is 0 Å². The summed E-state index contributed by atoms with van der Waals surface area (Å²) in [5.41, 5.74) is 3.09. The van der Waals surface area contributed by atoms with Gasteiger partial charge in [-0.05, 0) is 67.3 Å². The van der Waals surface area contributed by atoms with Crippen molar-refractivity contribution in [2.75, 3.05) is 35.7 Å².